The van der Waals surface area contributed by atoms with Crippen LogP contribution in [0.5, 0.6) is 0 Å². The predicted octanol–water partition coefficient (Wildman–Crippen LogP) is 2.89. The van der Waals surface area contributed by atoms with Gasteiger partial charge < -0.3 is 0 Å². The summed E-state index contributed by atoms with van der Waals surface area (Å²) in [7, 11) is 0. The Labute approximate surface area is 102 Å². The van der Waals surface area contributed by atoms with E-state index in [1.807, 2.05) is 16.8 Å². The van der Waals surface area contributed by atoms with Gasteiger partial charge in [-0.15, -0.1) is 0 Å². The molecule has 1 unspecified atom stereocenters. The van der Waals surface area contributed by atoms with E-state index in [0.29, 0.717) is 0 Å². The zero-order chi connectivity index (χ0) is 12.4. The molecule has 0 aliphatic heterocycles. The van der Waals surface area contributed by atoms with E-state index in [4.69, 9.17) is 5.84 Å². The van der Waals surface area contributed by atoms with Crippen molar-refractivity contribution < 1.29 is 8.78 Å². The lowest BCUT2D eigenvalue weighted by Crippen LogP contribution is -2.29. The summed E-state index contributed by atoms with van der Waals surface area (Å²) in [6.07, 6.45) is 0. The highest BCUT2D eigenvalue weighted by Crippen LogP contribution is 2.27. The highest BCUT2D eigenvalue weighted by Gasteiger charge is 2.20. The molecule has 0 saturated heterocycles. The lowest BCUT2D eigenvalue weighted by atomic mass is 10.00. The van der Waals surface area contributed by atoms with Gasteiger partial charge in [0.15, 0.2) is 11.6 Å². The zero-order valence-electron chi connectivity index (χ0n) is 9.21. The molecule has 0 amide bonds. The SMILES string of the molecule is Cc1ccc(C(NN)c2ccsc2)c(F)c1F. The molecule has 90 valence electrons. The van der Waals surface area contributed by atoms with Gasteiger partial charge in [-0.2, -0.15) is 11.3 Å². The predicted molar refractivity (Wildman–Crippen MR) is 64.6 cm³/mol. The molecule has 0 aliphatic carbocycles. The van der Waals surface area contributed by atoms with E-state index in [0.717, 1.165) is 5.56 Å². The fourth-order valence-corrected chi connectivity index (χ4v) is 2.37. The topological polar surface area (TPSA) is 38.0 Å². The van der Waals surface area contributed by atoms with Crippen molar-refractivity contribution in [2.75, 3.05) is 0 Å². The van der Waals surface area contributed by atoms with Crippen molar-refractivity contribution >= 4 is 11.3 Å². The van der Waals surface area contributed by atoms with Crippen LogP contribution in [0.2, 0.25) is 0 Å². The minimum Gasteiger partial charge on any atom is -0.271 e. The van der Waals surface area contributed by atoms with E-state index in [9.17, 15) is 8.78 Å². The van der Waals surface area contributed by atoms with Gasteiger partial charge in [-0.25, -0.2) is 14.2 Å². The molecule has 5 heteroatoms. The third-order valence-corrected chi connectivity index (χ3v) is 3.36. The lowest BCUT2D eigenvalue weighted by Gasteiger charge is -2.16. The normalized spacial score (nSPS) is 12.7. The monoisotopic (exact) mass is 254 g/mol. The molecule has 2 nitrogen and oxygen atoms in total. The largest absolute Gasteiger partial charge is 0.271 e. The van der Waals surface area contributed by atoms with Gasteiger partial charge in [0, 0.05) is 5.56 Å². The Morgan fingerprint density at radius 1 is 1.24 bits per heavy atom. The van der Waals surface area contributed by atoms with Crippen LogP contribution < -0.4 is 11.3 Å². The molecule has 0 radical (unpaired) electrons. The van der Waals surface area contributed by atoms with Gasteiger partial charge in [0.25, 0.3) is 0 Å². The average Bonchev–Trinajstić information content (AvgIpc) is 2.84. The molecule has 2 aromatic rings. The van der Waals surface area contributed by atoms with Gasteiger partial charge in [-0.3, -0.25) is 5.84 Å². The molecular weight excluding hydrogens is 242 g/mol. The fraction of sp³-hybridized carbons (Fsp3) is 0.167. The summed E-state index contributed by atoms with van der Waals surface area (Å²) in [6.45, 7) is 1.53. The number of halogens is 2. The first-order chi connectivity index (χ1) is 8.15. The van der Waals surface area contributed by atoms with Gasteiger partial charge in [-0.1, -0.05) is 12.1 Å². The van der Waals surface area contributed by atoms with Crippen molar-refractivity contribution in [3.63, 3.8) is 0 Å². The maximum absolute atomic E-state index is 13.8. The van der Waals surface area contributed by atoms with Crippen molar-refractivity contribution in [2.24, 2.45) is 5.84 Å². The van der Waals surface area contributed by atoms with Crippen LogP contribution >= 0.6 is 11.3 Å². The van der Waals surface area contributed by atoms with Crippen LogP contribution in [0, 0.1) is 18.6 Å². The van der Waals surface area contributed by atoms with Crippen LogP contribution in [0.15, 0.2) is 29.0 Å². The minimum atomic E-state index is -0.848. The van der Waals surface area contributed by atoms with Gasteiger partial charge in [-0.05, 0) is 34.9 Å². The smallest absolute Gasteiger partial charge is 0.164 e. The number of nitrogens with two attached hydrogens (primary N) is 1. The van der Waals surface area contributed by atoms with E-state index in [1.54, 1.807) is 12.1 Å². The second kappa shape index (κ2) is 4.91. The number of rotatable bonds is 3. The zero-order valence-corrected chi connectivity index (χ0v) is 10.0. The van der Waals surface area contributed by atoms with Crippen LogP contribution in [0.3, 0.4) is 0 Å². The number of nitrogens with one attached hydrogen (secondary N) is 1. The average molecular weight is 254 g/mol. The summed E-state index contributed by atoms with van der Waals surface area (Å²) in [4.78, 5) is 0. The molecule has 0 spiro atoms. The lowest BCUT2D eigenvalue weighted by molar-refractivity contribution is 0.479. The Balaban J connectivity index is 2.49. The van der Waals surface area contributed by atoms with Gasteiger partial charge in [0.1, 0.15) is 0 Å². The quantitative estimate of drug-likeness (QED) is 0.653. The second-order valence-corrected chi connectivity index (χ2v) is 4.54. The van der Waals surface area contributed by atoms with Crippen molar-refractivity contribution in [3.05, 3.63) is 57.3 Å². The van der Waals surface area contributed by atoms with Crippen LogP contribution in [-0.4, -0.2) is 0 Å². The molecule has 1 aromatic heterocycles. The van der Waals surface area contributed by atoms with E-state index < -0.39 is 17.7 Å². The van der Waals surface area contributed by atoms with E-state index >= 15 is 0 Å². The summed E-state index contributed by atoms with van der Waals surface area (Å²) >= 11 is 1.48. The molecule has 0 bridgehead atoms. The van der Waals surface area contributed by atoms with Crippen molar-refractivity contribution in [1.82, 2.24) is 5.43 Å². The van der Waals surface area contributed by atoms with Gasteiger partial charge in [0.05, 0.1) is 6.04 Å². The molecule has 0 aliphatic rings. The molecule has 0 fully saturated rings. The Hall–Kier alpha value is -1.30. The van der Waals surface area contributed by atoms with Crippen molar-refractivity contribution in [3.8, 4) is 0 Å². The highest BCUT2D eigenvalue weighted by molar-refractivity contribution is 7.08. The molecule has 3 N–H and O–H groups in total. The first-order valence-electron chi connectivity index (χ1n) is 5.08. The number of aryl methyl sites for hydroxylation is 1. The van der Waals surface area contributed by atoms with Gasteiger partial charge >= 0.3 is 0 Å². The number of hydrogen-bond acceptors (Lipinski definition) is 3. The first-order valence-corrected chi connectivity index (χ1v) is 6.02. The number of hydrogen-bond donors (Lipinski definition) is 2. The minimum absolute atomic E-state index is 0.217. The highest BCUT2D eigenvalue weighted by atomic mass is 32.1. The standard InChI is InChI=1S/C12H12F2N2S/c1-7-2-3-9(11(14)10(7)13)12(16-15)8-4-5-17-6-8/h2-6,12,16H,15H2,1H3. The molecule has 1 aromatic carbocycles. The Bertz CT molecular complexity index is 511. The number of benzene rings is 1. The third-order valence-electron chi connectivity index (χ3n) is 2.66. The summed E-state index contributed by atoms with van der Waals surface area (Å²) in [5, 5.41) is 3.71. The second-order valence-electron chi connectivity index (χ2n) is 3.76. The number of thiophene rings is 1. The Kier molecular flexibility index (Phi) is 3.51. The van der Waals surface area contributed by atoms with Crippen LogP contribution in [-0.2, 0) is 0 Å². The summed E-state index contributed by atoms with van der Waals surface area (Å²) < 4.78 is 27.3. The maximum atomic E-state index is 13.8. The summed E-state index contributed by atoms with van der Waals surface area (Å²) in [6, 6.07) is 4.39. The van der Waals surface area contributed by atoms with Crippen LogP contribution in [0.1, 0.15) is 22.7 Å². The maximum Gasteiger partial charge on any atom is 0.164 e. The Morgan fingerprint density at radius 3 is 2.59 bits per heavy atom. The summed E-state index contributed by atoms with van der Waals surface area (Å²) in [5.74, 6) is 3.75. The fourth-order valence-electron chi connectivity index (χ4n) is 1.69. The summed E-state index contributed by atoms with van der Waals surface area (Å²) in [5.41, 5.74) is 3.83. The molecule has 17 heavy (non-hydrogen) atoms. The Morgan fingerprint density at radius 2 is 2.00 bits per heavy atom. The van der Waals surface area contributed by atoms with Crippen LogP contribution in [0.4, 0.5) is 8.78 Å². The molecule has 1 heterocycles. The molecule has 1 atom stereocenters. The van der Waals surface area contributed by atoms with E-state index in [2.05, 4.69) is 5.43 Å². The molecule has 0 saturated carbocycles. The molecular formula is C12H12F2N2S. The third kappa shape index (κ3) is 2.22. The van der Waals surface area contributed by atoms with E-state index in [1.165, 1.54) is 18.3 Å². The van der Waals surface area contributed by atoms with Crippen molar-refractivity contribution in [2.45, 2.75) is 13.0 Å². The number of hydrazine groups is 1. The first kappa shape index (κ1) is 12.2. The van der Waals surface area contributed by atoms with Crippen LogP contribution in [0.25, 0.3) is 0 Å². The van der Waals surface area contributed by atoms with Gasteiger partial charge in [0.2, 0.25) is 0 Å². The molecule has 2 rings (SSSR count). The van der Waals surface area contributed by atoms with Crippen molar-refractivity contribution in [1.29, 1.82) is 0 Å². The van der Waals surface area contributed by atoms with E-state index in [-0.39, 0.29) is 11.1 Å².